The van der Waals surface area contributed by atoms with Crippen molar-refractivity contribution in [1.29, 1.82) is 0 Å². The van der Waals surface area contributed by atoms with Crippen LogP contribution < -0.4 is 0 Å². The zero-order valence-corrected chi connectivity index (χ0v) is 79.7. The number of benzene rings is 24. The highest BCUT2D eigenvalue weighted by Gasteiger charge is 2.34. The van der Waals surface area contributed by atoms with Crippen LogP contribution in [0.15, 0.2) is 523 Å². The molecule has 0 saturated heterocycles. The number of hydrogen-bond acceptors (Lipinski definition) is 3. The SMILES string of the molecule is c1ccc(-n2c3ccccc3c3cc(-c4ccc5c(c4)c4c6oc7ccccc7c6ccc4n5-c4cccc5ccccc45)ccc32)cc1.c1ccc(C2c3ccccc3-c3cc(-c4ccc5c(c4)c4c6c(ccc4n5-c4cccc5ccccc45)oc4ccccc46)ccc32)cc1.c1ccc(C2c3ccccc3-c3cc(-c4ccc5c(c4)c4cc6oc7ccccc7c6cc4n5-c4cccc5ccccc45)ccc32)cc1. The monoisotopic (exact) mass is 1870 g/mol. The molecule has 24 aromatic carbocycles. The third-order valence-corrected chi connectivity index (χ3v) is 31.6. The molecular weight excluding hydrogens is 1790 g/mol. The topological polar surface area (TPSA) is 59.1 Å². The molecule has 7 aromatic heterocycles. The fourth-order valence-electron chi connectivity index (χ4n) is 25.2. The Bertz CT molecular complexity index is 10800. The molecule has 0 saturated carbocycles. The van der Waals surface area contributed by atoms with Gasteiger partial charge in [0.05, 0.1) is 66.6 Å². The van der Waals surface area contributed by atoms with Crippen molar-refractivity contribution in [1.82, 2.24) is 18.3 Å². The van der Waals surface area contributed by atoms with Crippen LogP contribution in [0.5, 0.6) is 0 Å². The van der Waals surface area contributed by atoms with Gasteiger partial charge in [0.1, 0.15) is 33.5 Å². The van der Waals surface area contributed by atoms with Gasteiger partial charge in [-0.15, -0.1) is 0 Å². The molecule has 2 unspecified atom stereocenters. The Labute approximate surface area is 844 Å². The number of fused-ring (bicyclic) bond motifs is 32. The fourth-order valence-corrected chi connectivity index (χ4v) is 25.2. The van der Waals surface area contributed by atoms with Crippen LogP contribution in [0.3, 0.4) is 0 Å². The van der Waals surface area contributed by atoms with E-state index in [1.165, 1.54) is 215 Å². The van der Waals surface area contributed by atoms with Crippen molar-refractivity contribution in [2.24, 2.45) is 0 Å². The molecule has 7 heteroatoms. The molecule has 7 nitrogen and oxygen atoms in total. The van der Waals surface area contributed by atoms with E-state index < -0.39 is 0 Å². The van der Waals surface area contributed by atoms with Crippen molar-refractivity contribution in [2.75, 3.05) is 0 Å². The lowest BCUT2D eigenvalue weighted by atomic mass is 9.89. The first-order valence-electron chi connectivity index (χ1n) is 50.7. The van der Waals surface area contributed by atoms with E-state index in [4.69, 9.17) is 13.3 Å². The van der Waals surface area contributed by atoms with Crippen LogP contribution in [0.1, 0.15) is 45.2 Å². The Kier molecular flexibility index (Phi) is 18.3. The summed E-state index contributed by atoms with van der Waals surface area (Å²) >= 11 is 0. The third-order valence-electron chi connectivity index (χ3n) is 31.6. The third kappa shape index (κ3) is 12.7. The second kappa shape index (κ2) is 32.6. The Morgan fingerprint density at radius 2 is 0.510 bits per heavy atom. The van der Waals surface area contributed by atoms with Gasteiger partial charge in [-0.2, -0.15) is 0 Å². The molecule has 0 spiro atoms. The van der Waals surface area contributed by atoms with Gasteiger partial charge >= 0.3 is 0 Å². The van der Waals surface area contributed by atoms with E-state index in [0.717, 1.165) is 82.5 Å². The minimum Gasteiger partial charge on any atom is -0.456 e. The van der Waals surface area contributed by atoms with Gasteiger partial charge in [-0.1, -0.05) is 358 Å². The first-order valence-corrected chi connectivity index (χ1v) is 50.7. The average Bonchev–Trinajstić information content (AvgIpc) is 1.54. The van der Waals surface area contributed by atoms with Gasteiger partial charge in [0.2, 0.25) is 0 Å². The molecule has 684 valence electrons. The lowest BCUT2D eigenvalue weighted by Crippen LogP contribution is -1.98. The number of rotatable bonds is 9. The summed E-state index contributed by atoms with van der Waals surface area (Å²) in [5.41, 5.74) is 40.3. The molecule has 7 heterocycles. The van der Waals surface area contributed by atoms with E-state index in [-0.39, 0.29) is 11.8 Å². The smallest absolute Gasteiger partial charge is 0.145 e. The number of para-hydroxylation sites is 5. The highest BCUT2D eigenvalue weighted by atomic mass is 16.3. The number of hydrogen-bond donors (Lipinski definition) is 0. The molecule has 0 amide bonds. The van der Waals surface area contributed by atoms with Crippen LogP contribution >= 0.6 is 0 Å². The standard InChI is InChI=1S/2C47H29NO.C46H28N2O/c1-2-12-30(13-3-1)47-36-18-7-6-16-34(36)38-25-31(21-23-37(38)47)32-22-24-43-39(26-32)40-28-46-41(35-17-8-9-20-45(35)49-46)27-44(40)48(43)42-19-10-14-29-11-4-5-15-33(29)42;1-2-12-30(13-3-1)45-35-17-7-6-16-34(35)38-27-31(21-23-36(38)45)32-22-24-41-39(28-32)46-42(25-26-44-47(46)37-18-8-9-20-43(37)49-44)48(41)40-19-10-14-29-11-4-5-15-33(29)40;1-2-13-32(14-3-1)47-40-18-8-6-16-34(40)37-27-30(21-24-41(37)47)31-22-25-42-38(28-31)45-43(26-23-36-35-17-7-9-20-44(35)49-46(36)45)48(42)39-19-10-12-29-11-4-5-15-33(29)39/h1-28,47H;1-28,45H;1-28H. The molecule has 2 aliphatic rings. The Hall–Kier alpha value is -19.3. The van der Waals surface area contributed by atoms with Crippen LogP contribution in [0, 0.1) is 0 Å². The van der Waals surface area contributed by atoms with Crippen molar-refractivity contribution in [2.45, 2.75) is 11.8 Å². The van der Waals surface area contributed by atoms with Crippen LogP contribution in [0.2, 0.25) is 0 Å². The molecule has 0 fully saturated rings. The predicted octanol–water partition coefficient (Wildman–Crippen LogP) is 37.9. The van der Waals surface area contributed by atoms with Crippen molar-refractivity contribution >= 4 is 185 Å². The lowest BCUT2D eigenvalue weighted by Gasteiger charge is -2.14. The van der Waals surface area contributed by atoms with Crippen molar-refractivity contribution < 1.29 is 13.3 Å². The van der Waals surface area contributed by atoms with Crippen molar-refractivity contribution in [3.63, 3.8) is 0 Å². The van der Waals surface area contributed by atoms with E-state index in [9.17, 15) is 0 Å². The van der Waals surface area contributed by atoms with Crippen LogP contribution in [0.25, 0.3) is 264 Å². The van der Waals surface area contributed by atoms with Crippen molar-refractivity contribution in [3.8, 4) is 78.4 Å². The summed E-state index contributed by atoms with van der Waals surface area (Å²) in [5.74, 6) is 0.485. The summed E-state index contributed by atoms with van der Waals surface area (Å²) in [6.45, 7) is 0. The van der Waals surface area contributed by atoms with Crippen molar-refractivity contribution in [3.05, 3.63) is 543 Å². The van der Waals surface area contributed by atoms with E-state index in [1.807, 2.05) is 18.2 Å². The average molecular weight is 1870 g/mol. The van der Waals surface area contributed by atoms with Gasteiger partial charge in [0.25, 0.3) is 0 Å². The zero-order chi connectivity index (χ0) is 96.2. The molecule has 0 radical (unpaired) electrons. The summed E-state index contributed by atoms with van der Waals surface area (Å²) < 4.78 is 29.2. The molecule has 0 N–H and O–H groups in total. The molecule has 33 rings (SSSR count). The van der Waals surface area contributed by atoms with Gasteiger partial charge in [0, 0.05) is 104 Å². The van der Waals surface area contributed by atoms with Crippen LogP contribution in [-0.2, 0) is 0 Å². The summed E-state index contributed by atoms with van der Waals surface area (Å²) in [6, 6.07) is 185. The first-order chi connectivity index (χ1) is 72.9. The molecule has 2 atom stereocenters. The Morgan fingerprint density at radius 1 is 0.156 bits per heavy atom. The fraction of sp³-hybridized carbons (Fsp3) is 0.0143. The zero-order valence-electron chi connectivity index (χ0n) is 79.7. The van der Waals surface area contributed by atoms with Gasteiger partial charge in [0.15, 0.2) is 0 Å². The van der Waals surface area contributed by atoms with E-state index in [1.54, 1.807) is 0 Å². The number of furan rings is 3. The first kappa shape index (κ1) is 82.4. The maximum absolute atomic E-state index is 6.69. The number of aromatic nitrogens is 4. The molecular formula is C140H86N4O3. The summed E-state index contributed by atoms with van der Waals surface area (Å²) in [5, 5.41) is 23.9. The van der Waals surface area contributed by atoms with Gasteiger partial charge in [-0.25, -0.2) is 0 Å². The van der Waals surface area contributed by atoms with Gasteiger partial charge < -0.3 is 31.5 Å². The van der Waals surface area contributed by atoms with E-state index in [2.05, 4.69) is 510 Å². The second-order valence-electron chi connectivity index (χ2n) is 39.4. The van der Waals surface area contributed by atoms with Gasteiger partial charge in [-0.3, -0.25) is 0 Å². The highest BCUT2D eigenvalue weighted by molar-refractivity contribution is 6.29. The maximum Gasteiger partial charge on any atom is 0.145 e. The van der Waals surface area contributed by atoms with Gasteiger partial charge in [-0.05, 0) is 257 Å². The Morgan fingerprint density at radius 3 is 1.06 bits per heavy atom. The highest BCUT2D eigenvalue weighted by Crippen LogP contribution is 2.55. The largest absolute Gasteiger partial charge is 0.456 e. The summed E-state index contributed by atoms with van der Waals surface area (Å²) in [7, 11) is 0. The van der Waals surface area contributed by atoms with Crippen LogP contribution in [0.4, 0.5) is 0 Å². The normalized spacial score (nSPS) is 13.3. The van der Waals surface area contributed by atoms with E-state index >= 15 is 0 Å². The quantitative estimate of drug-likeness (QED) is 0.145. The molecule has 2 aliphatic carbocycles. The minimum atomic E-state index is 0.241. The summed E-state index contributed by atoms with van der Waals surface area (Å²) in [4.78, 5) is 0. The molecule has 147 heavy (non-hydrogen) atoms. The second-order valence-corrected chi connectivity index (χ2v) is 39.4. The molecule has 31 aromatic rings. The number of nitrogens with zero attached hydrogens (tertiary/aromatic N) is 4. The van der Waals surface area contributed by atoms with E-state index in [0.29, 0.717) is 0 Å². The molecule has 0 bridgehead atoms. The van der Waals surface area contributed by atoms with Crippen LogP contribution in [-0.4, -0.2) is 18.3 Å². The Balaban J connectivity index is 0.0000000999. The predicted molar refractivity (Wildman–Crippen MR) is 613 cm³/mol. The lowest BCUT2D eigenvalue weighted by molar-refractivity contribution is 0.669. The summed E-state index contributed by atoms with van der Waals surface area (Å²) in [6.07, 6.45) is 0. The maximum atomic E-state index is 6.69. The molecule has 0 aliphatic heterocycles. The minimum absolute atomic E-state index is 0.241.